The van der Waals surface area contributed by atoms with Gasteiger partial charge in [0.1, 0.15) is 0 Å². The third kappa shape index (κ3) is 7.74. The van der Waals surface area contributed by atoms with Gasteiger partial charge in [0.25, 0.3) is 0 Å². The van der Waals surface area contributed by atoms with E-state index >= 15 is 0 Å². The largest absolute Gasteiger partial charge is 0.375 e. The van der Waals surface area contributed by atoms with Crippen LogP contribution in [0.15, 0.2) is 0 Å². The van der Waals surface area contributed by atoms with Gasteiger partial charge in [0.2, 0.25) is 0 Å². The predicted octanol–water partition coefficient (Wildman–Crippen LogP) is 2.51. The van der Waals surface area contributed by atoms with E-state index in [0.717, 1.165) is 26.1 Å². The molecule has 0 bridgehead atoms. The molecule has 104 valence electrons. The van der Waals surface area contributed by atoms with E-state index in [2.05, 4.69) is 52.0 Å². The van der Waals surface area contributed by atoms with Crippen molar-refractivity contribution in [3.63, 3.8) is 0 Å². The fourth-order valence-corrected chi connectivity index (χ4v) is 1.46. The van der Waals surface area contributed by atoms with E-state index in [9.17, 15) is 0 Å². The van der Waals surface area contributed by atoms with Gasteiger partial charge in [-0.2, -0.15) is 0 Å². The topological polar surface area (TPSA) is 24.5 Å². The first-order valence-electron chi connectivity index (χ1n) is 6.93. The summed E-state index contributed by atoms with van der Waals surface area (Å²) in [6.45, 7) is 11.7. The highest BCUT2D eigenvalue weighted by atomic mass is 16.5. The predicted molar refractivity (Wildman–Crippen MR) is 75.6 cm³/mol. The highest BCUT2D eigenvalue weighted by molar-refractivity contribution is 4.77. The van der Waals surface area contributed by atoms with Crippen molar-refractivity contribution in [2.75, 3.05) is 33.8 Å². The molecule has 0 aliphatic rings. The van der Waals surface area contributed by atoms with E-state index in [-0.39, 0.29) is 5.54 Å². The molecule has 1 atom stereocenters. The van der Waals surface area contributed by atoms with Crippen molar-refractivity contribution in [3.05, 3.63) is 0 Å². The standard InChI is InChI=1S/C14H32N2O/c1-7-9-13(11-15-10-8-2)17-12-14(3,4)16(5)6/h13,15H,7-12H2,1-6H3. The minimum atomic E-state index is 0.108. The summed E-state index contributed by atoms with van der Waals surface area (Å²) < 4.78 is 6.05. The molecule has 0 rings (SSSR count). The lowest BCUT2D eigenvalue weighted by Crippen LogP contribution is -2.44. The van der Waals surface area contributed by atoms with Crippen molar-refractivity contribution in [1.82, 2.24) is 10.2 Å². The molecule has 0 aromatic heterocycles. The van der Waals surface area contributed by atoms with Gasteiger partial charge in [-0.1, -0.05) is 20.3 Å². The molecular weight excluding hydrogens is 212 g/mol. The first kappa shape index (κ1) is 16.9. The maximum absolute atomic E-state index is 6.05. The third-order valence-corrected chi connectivity index (χ3v) is 3.29. The molecule has 0 spiro atoms. The molecule has 0 aliphatic carbocycles. The average molecular weight is 244 g/mol. The van der Waals surface area contributed by atoms with Gasteiger partial charge in [-0.3, -0.25) is 0 Å². The van der Waals surface area contributed by atoms with Gasteiger partial charge in [-0.15, -0.1) is 0 Å². The van der Waals surface area contributed by atoms with Gasteiger partial charge >= 0.3 is 0 Å². The van der Waals surface area contributed by atoms with Gasteiger partial charge in [0, 0.05) is 12.1 Å². The molecule has 3 heteroatoms. The smallest absolute Gasteiger partial charge is 0.0700 e. The zero-order valence-corrected chi connectivity index (χ0v) is 12.7. The molecule has 3 nitrogen and oxygen atoms in total. The van der Waals surface area contributed by atoms with Crippen molar-refractivity contribution in [2.45, 2.75) is 58.6 Å². The van der Waals surface area contributed by atoms with E-state index in [4.69, 9.17) is 4.74 Å². The van der Waals surface area contributed by atoms with Crippen LogP contribution in [0.5, 0.6) is 0 Å². The van der Waals surface area contributed by atoms with Crippen molar-refractivity contribution in [1.29, 1.82) is 0 Å². The Balaban J connectivity index is 3.98. The highest BCUT2D eigenvalue weighted by Gasteiger charge is 2.22. The number of hydrogen-bond donors (Lipinski definition) is 1. The average Bonchev–Trinajstić information content (AvgIpc) is 2.26. The first-order valence-corrected chi connectivity index (χ1v) is 6.93. The van der Waals surface area contributed by atoms with E-state index in [0.29, 0.717) is 6.10 Å². The van der Waals surface area contributed by atoms with E-state index in [1.807, 2.05) is 0 Å². The second-order valence-electron chi connectivity index (χ2n) is 5.63. The Morgan fingerprint density at radius 2 is 1.82 bits per heavy atom. The van der Waals surface area contributed by atoms with Crippen molar-refractivity contribution in [3.8, 4) is 0 Å². The second kappa shape index (κ2) is 8.90. The summed E-state index contributed by atoms with van der Waals surface area (Å²) in [5.74, 6) is 0. The minimum Gasteiger partial charge on any atom is -0.375 e. The summed E-state index contributed by atoms with van der Waals surface area (Å²) in [7, 11) is 4.21. The summed E-state index contributed by atoms with van der Waals surface area (Å²) in [6, 6.07) is 0. The molecule has 0 aromatic rings. The normalized spacial score (nSPS) is 14.3. The monoisotopic (exact) mass is 244 g/mol. The molecule has 0 fully saturated rings. The van der Waals surface area contributed by atoms with Gasteiger partial charge < -0.3 is 15.0 Å². The quantitative estimate of drug-likeness (QED) is 0.598. The zero-order chi connectivity index (χ0) is 13.3. The van der Waals surface area contributed by atoms with Crippen LogP contribution in [-0.4, -0.2) is 50.3 Å². The second-order valence-corrected chi connectivity index (χ2v) is 5.63. The van der Waals surface area contributed by atoms with Crippen LogP contribution < -0.4 is 5.32 Å². The zero-order valence-electron chi connectivity index (χ0n) is 12.7. The molecule has 1 N–H and O–H groups in total. The van der Waals surface area contributed by atoms with E-state index in [1.54, 1.807) is 0 Å². The molecule has 0 aliphatic heterocycles. The highest BCUT2D eigenvalue weighted by Crippen LogP contribution is 2.13. The SMILES string of the molecule is CCCNCC(CCC)OCC(C)(C)N(C)C. The molecule has 0 amide bonds. The number of likely N-dealkylation sites (N-methyl/N-ethyl adjacent to an activating group) is 1. The minimum absolute atomic E-state index is 0.108. The van der Waals surface area contributed by atoms with Crippen LogP contribution in [0.2, 0.25) is 0 Å². The van der Waals surface area contributed by atoms with Crippen LogP contribution in [0, 0.1) is 0 Å². The van der Waals surface area contributed by atoms with Crippen LogP contribution in [-0.2, 0) is 4.74 Å². The van der Waals surface area contributed by atoms with Crippen LogP contribution in [0.3, 0.4) is 0 Å². The van der Waals surface area contributed by atoms with Crippen molar-refractivity contribution < 1.29 is 4.74 Å². The molecule has 0 saturated heterocycles. The molecule has 17 heavy (non-hydrogen) atoms. The number of hydrogen-bond acceptors (Lipinski definition) is 3. The molecular formula is C14H32N2O. The van der Waals surface area contributed by atoms with Crippen LogP contribution in [0.25, 0.3) is 0 Å². The number of nitrogens with zero attached hydrogens (tertiary/aromatic N) is 1. The summed E-state index contributed by atoms with van der Waals surface area (Å²) >= 11 is 0. The Hall–Kier alpha value is -0.120. The lowest BCUT2D eigenvalue weighted by Gasteiger charge is -2.34. The Morgan fingerprint density at radius 1 is 1.18 bits per heavy atom. The molecule has 0 radical (unpaired) electrons. The van der Waals surface area contributed by atoms with Crippen LogP contribution in [0.1, 0.15) is 47.0 Å². The van der Waals surface area contributed by atoms with Crippen LogP contribution >= 0.6 is 0 Å². The van der Waals surface area contributed by atoms with Crippen molar-refractivity contribution >= 4 is 0 Å². The molecule has 0 saturated carbocycles. The Bertz CT molecular complexity index is 181. The fraction of sp³-hybridized carbons (Fsp3) is 1.00. The summed E-state index contributed by atoms with van der Waals surface area (Å²) in [5.41, 5.74) is 0.108. The Kier molecular flexibility index (Phi) is 8.83. The number of ether oxygens (including phenoxy) is 1. The Labute approximate surface area is 108 Å². The Morgan fingerprint density at radius 3 is 2.29 bits per heavy atom. The first-order chi connectivity index (χ1) is 7.94. The molecule has 0 aromatic carbocycles. The van der Waals surface area contributed by atoms with Gasteiger partial charge in [-0.25, -0.2) is 0 Å². The maximum Gasteiger partial charge on any atom is 0.0700 e. The maximum atomic E-state index is 6.05. The fourth-order valence-electron chi connectivity index (χ4n) is 1.46. The number of rotatable bonds is 10. The van der Waals surface area contributed by atoms with Gasteiger partial charge in [0.05, 0.1) is 12.7 Å². The number of nitrogens with one attached hydrogen (secondary N) is 1. The lowest BCUT2D eigenvalue weighted by atomic mass is 10.1. The van der Waals surface area contributed by atoms with E-state index < -0.39 is 0 Å². The molecule has 1 unspecified atom stereocenters. The van der Waals surface area contributed by atoms with Crippen molar-refractivity contribution in [2.24, 2.45) is 0 Å². The summed E-state index contributed by atoms with van der Waals surface area (Å²) in [4.78, 5) is 2.22. The van der Waals surface area contributed by atoms with Gasteiger partial charge in [0.15, 0.2) is 0 Å². The summed E-state index contributed by atoms with van der Waals surface area (Å²) in [5, 5.41) is 3.45. The molecule has 0 heterocycles. The van der Waals surface area contributed by atoms with E-state index in [1.165, 1.54) is 12.8 Å². The lowest BCUT2D eigenvalue weighted by molar-refractivity contribution is -0.0144. The van der Waals surface area contributed by atoms with Gasteiger partial charge in [-0.05, 0) is 47.3 Å². The third-order valence-electron chi connectivity index (χ3n) is 3.29. The summed E-state index contributed by atoms with van der Waals surface area (Å²) in [6.07, 6.45) is 3.86. The van der Waals surface area contributed by atoms with Crippen LogP contribution in [0.4, 0.5) is 0 Å².